The Hall–Kier alpha value is -3.35. The highest BCUT2D eigenvalue weighted by atomic mass is 19.1. The number of hydrogen-bond donors (Lipinski definition) is 1. The molecular weight excluding hydrogens is 352 g/mol. The van der Waals surface area contributed by atoms with Gasteiger partial charge >= 0.3 is 5.90 Å². The van der Waals surface area contributed by atoms with Gasteiger partial charge in [0.15, 0.2) is 0 Å². The van der Waals surface area contributed by atoms with Crippen LogP contribution in [0.5, 0.6) is 0 Å². The average Bonchev–Trinajstić information content (AvgIpc) is 2.63. The lowest BCUT2D eigenvalue weighted by Crippen LogP contribution is -2.42. The first kappa shape index (κ1) is 18.4. The minimum absolute atomic E-state index is 0.178. The molecule has 0 bridgehead atoms. The largest absolute Gasteiger partial charge is 0.445 e. The van der Waals surface area contributed by atoms with Crippen LogP contribution in [-0.4, -0.2) is 22.3 Å². The minimum atomic E-state index is -0.709. The number of ether oxygens (including phenoxy) is 1. The smallest absolute Gasteiger partial charge is 0.366 e. The molecule has 0 saturated carbocycles. The average molecular weight is 370 g/mol. The zero-order valence-corrected chi connectivity index (χ0v) is 14.7. The Morgan fingerprint density at radius 3 is 2.56 bits per heavy atom. The molecule has 0 saturated heterocycles. The summed E-state index contributed by atoms with van der Waals surface area (Å²) in [6.45, 7) is 2.46. The summed E-state index contributed by atoms with van der Waals surface area (Å²) in [6, 6.07) is 13.1. The highest BCUT2D eigenvalue weighted by Crippen LogP contribution is 2.18. The lowest BCUT2D eigenvalue weighted by atomic mass is 10.1. The molecule has 2 aromatic carbocycles. The van der Waals surface area contributed by atoms with Crippen LogP contribution in [0.25, 0.3) is 11.3 Å². The molecule has 3 rings (SSSR count). The van der Waals surface area contributed by atoms with Crippen LogP contribution in [0, 0.1) is 11.6 Å². The van der Waals surface area contributed by atoms with Crippen LogP contribution >= 0.6 is 0 Å². The predicted octanol–water partition coefficient (Wildman–Crippen LogP) is 1.78. The fraction of sp³-hybridized carbons (Fsp3) is 0.150. The van der Waals surface area contributed by atoms with Gasteiger partial charge < -0.3 is 4.74 Å². The van der Waals surface area contributed by atoms with Crippen molar-refractivity contribution in [3.63, 3.8) is 0 Å². The minimum Gasteiger partial charge on any atom is -0.445 e. The van der Waals surface area contributed by atoms with Crippen molar-refractivity contribution < 1.29 is 18.9 Å². The van der Waals surface area contributed by atoms with Crippen molar-refractivity contribution in [3.8, 4) is 11.3 Å². The number of rotatable bonds is 5. The first-order valence-electron chi connectivity index (χ1n) is 8.35. The Bertz CT molecular complexity index is 1030. The van der Waals surface area contributed by atoms with E-state index in [9.17, 15) is 13.6 Å². The number of nitrogens with zero attached hydrogens (tertiary/aromatic N) is 2. The maximum atomic E-state index is 13.5. The van der Waals surface area contributed by atoms with E-state index in [0.717, 1.165) is 11.6 Å². The van der Waals surface area contributed by atoms with Gasteiger partial charge in [-0.2, -0.15) is 5.10 Å². The van der Waals surface area contributed by atoms with Gasteiger partial charge in [-0.25, -0.2) is 18.9 Å². The normalized spacial score (nSPS) is 10.6. The number of benzene rings is 2. The van der Waals surface area contributed by atoms with Crippen molar-refractivity contribution >= 4 is 5.90 Å². The van der Waals surface area contributed by atoms with Crippen molar-refractivity contribution in [1.82, 2.24) is 9.78 Å². The number of aromatic nitrogens is 2. The third kappa shape index (κ3) is 4.44. The van der Waals surface area contributed by atoms with E-state index in [1.807, 2.05) is 13.0 Å². The molecule has 3 aromatic rings. The van der Waals surface area contributed by atoms with E-state index in [4.69, 9.17) is 10.1 Å². The zero-order valence-electron chi connectivity index (χ0n) is 14.7. The molecular formula is C20H18F2N3O2+. The van der Waals surface area contributed by atoms with Crippen LogP contribution in [0.4, 0.5) is 8.78 Å². The molecule has 0 fully saturated rings. The standard InChI is InChI=1S/C20H17F2N3O2/c1-2-27-20(23)14-5-3-4-13(8-14)12-25-19(26)7-6-18(24-25)15-9-16(21)11-17(22)10-15/h3-11,23H,2,12H2,1H3/p+1. The third-order valence-electron chi connectivity index (χ3n) is 3.87. The zero-order chi connectivity index (χ0) is 19.4. The Balaban J connectivity index is 1.93. The number of nitrogens with two attached hydrogens (primary N) is 1. The van der Waals surface area contributed by atoms with Gasteiger partial charge in [0.2, 0.25) is 0 Å². The van der Waals surface area contributed by atoms with E-state index < -0.39 is 11.6 Å². The maximum Gasteiger partial charge on any atom is 0.366 e. The quantitative estimate of drug-likeness (QED) is 0.550. The molecule has 0 aliphatic heterocycles. The van der Waals surface area contributed by atoms with Crippen LogP contribution in [0.1, 0.15) is 18.1 Å². The summed E-state index contributed by atoms with van der Waals surface area (Å²) in [7, 11) is 0. The molecule has 0 aliphatic rings. The van der Waals surface area contributed by atoms with E-state index >= 15 is 0 Å². The van der Waals surface area contributed by atoms with E-state index in [1.165, 1.54) is 28.9 Å². The predicted molar refractivity (Wildman–Crippen MR) is 97.1 cm³/mol. The van der Waals surface area contributed by atoms with Crippen LogP contribution in [-0.2, 0) is 11.3 Å². The highest BCUT2D eigenvalue weighted by Gasteiger charge is 2.11. The Labute approximate surface area is 154 Å². The molecule has 1 heterocycles. The molecule has 138 valence electrons. The Morgan fingerprint density at radius 1 is 1.11 bits per heavy atom. The number of hydrogen-bond acceptors (Lipinski definition) is 3. The molecule has 0 amide bonds. The monoisotopic (exact) mass is 370 g/mol. The van der Waals surface area contributed by atoms with Gasteiger partial charge in [-0.1, -0.05) is 12.1 Å². The Morgan fingerprint density at radius 2 is 1.85 bits per heavy atom. The summed E-state index contributed by atoms with van der Waals surface area (Å²) >= 11 is 0. The van der Waals surface area contributed by atoms with Gasteiger partial charge in [0.1, 0.15) is 11.6 Å². The fourth-order valence-electron chi connectivity index (χ4n) is 2.65. The lowest BCUT2D eigenvalue weighted by Gasteiger charge is -2.09. The second-order valence-electron chi connectivity index (χ2n) is 5.87. The van der Waals surface area contributed by atoms with Crippen molar-refractivity contribution in [2.24, 2.45) is 0 Å². The molecule has 0 radical (unpaired) electrons. The van der Waals surface area contributed by atoms with Crippen LogP contribution < -0.4 is 11.0 Å². The van der Waals surface area contributed by atoms with Crippen molar-refractivity contribution in [2.75, 3.05) is 6.61 Å². The van der Waals surface area contributed by atoms with Gasteiger partial charge in [-0.3, -0.25) is 4.79 Å². The third-order valence-corrected chi connectivity index (χ3v) is 3.87. The summed E-state index contributed by atoms with van der Waals surface area (Å²) in [4.78, 5) is 12.2. The van der Waals surface area contributed by atoms with Crippen molar-refractivity contribution in [3.05, 3.63) is 87.7 Å². The van der Waals surface area contributed by atoms with Gasteiger partial charge in [0.05, 0.1) is 24.4 Å². The van der Waals surface area contributed by atoms with E-state index in [0.29, 0.717) is 23.8 Å². The molecule has 27 heavy (non-hydrogen) atoms. The van der Waals surface area contributed by atoms with E-state index in [-0.39, 0.29) is 17.7 Å². The van der Waals surface area contributed by atoms with Crippen molar-refractivity contribution in [1.29, 1.82) is 0 Å². The van der Waals surface area contributed by atoms with Gasteiger partial charge in [0, 0.05) is 17.7 Å². The van der Waals surface area contributed by atoms with E-state index in [1.54, 1.807) is 18.2 Å². The van der Waals surface area contributed by atoms with Gasteiger partial charge in [-0.05, 0) is 42.8 Å². The lowest BCUT2D eigenvalue weighted by molar-refractivity contribution is -0.138. The molecule has 0 unspecified atom stereocenters. The highest BCUT2D eigenvalue weighted by molar-refractivity contribution is 5.89. The van der Waals surface area contributed by atoms with E-state index in [2.05, 4.69) is 5.10 Å². The molecule has 7 heteroatoms. The van der Waals surface area contributed by atoms with Crippen LogP contribution in [0.15, 0.2) is 59.4 Å². The van der Waals surface area contributed by atoms with Gasteiger partial charge in [-0.15, -0.1) is 0 Å². The molecule has 2 N–H and O–H groups in total. The number of halogens is 2. The summed E-state index contributed by atoms with van der Waals surface area (Å²) < 4.78 is 33.4. The molecule has 0 spiro atoms. The summed E-state index contributed by atoms with van der Waals surface area (Å²) in [6.07, 6.45) is 0. The van der Waals surface area contributed by atoms with Crippen molar-refractivity contribution in [2.45, 2.75) is 13.5 Å². The summed E-state index contributed by atoms with van der Waals surface area (Å²) in [5, 5.41) is 10.1. The molecule has 5 nitrogen and oxygen atoms in total. The second-order valence-corrected chi connectivity index (χ2v) is 5.87. The summed E-state index contributed by atoms with van der Waals surface area (Å²) in [5.74, 6) is -1.12. The fourth-order valence-corrected chi connectivity index (χ4v) is 2.65. The van der Waals surface area contributed by atoms with Gasteiger partial charge in [0.25, 0.3) is 5.56 Å². The second kappa shape index (κ2) is 7.90. The molecule has 1 aromatic heterocycles. The van der Waals surface area contributed by atoms with Crippen LogP contribution in [0.2, 0.25) is 0 Å². The first-order valence-corrected chi connectivity index (χ1v) is 8.35. The molecule has 0 atom stereocenters. The van der Waals surface area contributed by atoms with Crippen LogP contribution in [0.3, 0.4) is 0 Å². The maximum absolute atomic E-state index is 13.5. The topological polar surface area (TPSA) is 69.7 Å². The summed E-state index contributed by atoms with van der Waals surface area (Å²) in [5.41, 5.74) is 1.70. The molecule has 0 aliphatic carbocycles. The SMILES string of the molecule is CCOC(=[NH2+])c1cccc(Cn2nc(-c3cc(F)cc(F)c3)ccc2=O)c1. The Kier molecular flexibility index (Phi) is 5.40. The first-order chi connectivity index (χ1) is 13.0.